The van der Waals surface area contributed by atoms with Crippen molar-refractivity contribution in [2.24, 2.45) is 5.92 Å². The largest absolute Gasteiger partial charge is 0.396 e. The molecule has 1 nitrogen and oxygen atoms in total. The van der Waals surface area contributed by atoms with Crippen LogP contribution in [0.4, 0.5) is 0 Å². The minimum Gasteiger partial charge on any atom is -0.396 e. The monoisotopic (exact) mass is 192 g/mol. The molecule has 1 aliphatic rings. The molecule has 0 saturated carbocycles. The molecule has 0 saturated heterocycles. The van der Waals surface area contributed by atoms with Crippen molar-refractivity contribution >= 4 is 23.2 Å². The quantitative estimate of drug-likeness (QED) is 0.633. The van der Waals surface area contributed by atoms with Crippen LogP contribution in [-0.2, 0) is 0 Å². The van der Waals surface area contributed by atoms with Gasteiger partial charge in [0.05, 0.1) is 11.5 Å². The standard InChI is InChI=1S/C8H10Cl2O/c1-8(10)3-2-7(9)4-6(8)5-11/h2-4,6,11H,5H2,1H3/t6-,8-/m0/s1. The number of aliphatic hydroxyl groups excluding tert-OH is 1. The average molecular weight is 193 g/mol. The first-order chi connectivity index (χ1) is 5.06. The number of aliphatic hydroxyl groups is 1. The number of allylic oxidation sites excluding steroid dienone is 3. The molecule has 11 heavy (non-hydrogen) atoms. The van der Waals surface area contributed by atoms with E-state index in [1.54, 1.807) is 18.2 Å². The van der Waals surface area contributed by atoms with Crippen LogP contribution in [0, 0.1) is 5.92 Å². The van der Waals surface area contributed by atoms with Gasteiger partial charge in [0.1, 0.15) is 0 Å². The molecule has 62 valence electrons. The van der Waals surface area contributed by atoms with Crippen LogP contribution < -0.4 is 0 Å². The molecule has 0 aromatic rings. The van der Waals surface area contributed by atoms with Gasteiger partial charge in [0.15, 0.2) is 0 Å². The van der Waals surface area contributed by atoms with Gasteiger partial charge in [0.2, 0.25) is 0 Å². The lowest BCUT2D eigenvalue weighted by molar-refractivity contribution is 0.236. The van der Waals surface area contributed by atoms with Gasteiger partial charge in [-0.25, -0.2) is 0 Å². The Kier molecular flexibility index (Phi) is 2.63. The van der Waals surface area contributed by atoms with Crippen molar-refractivity contribution in [2.45, 2.75) is 11.8 Å². The summed E-state index contributed by atoms with van der Waals surface area (Å²) in [4.78, 5) is -0.493. The minimum absolute atomic E-state index is 0.0283. The zero-order valence-corrected chi connectivity index (χ0v) is 7.73. The Bertz CT molecular complexity index is 206. The first-order valence-electron chi connectivity index (χ1n) is 3.42. The SMILES string of the molecule is C[C@]1(Cl)C=CC(Cl)=C[C@H]1CO. The predicted octanol–water partition coefficient (Wildman–Crippen LogP) is 2.28. The molecule has 0 aromatic carbocycles. The molecule has 0 heterocycles. The van der Waals surface area contributed by atoms with E-state index in [2.05, 4.69) is 0 Å². The van der Waals surface area contributed by atoms with Crippen molar-refractivity contribution in [2.75, 3.05) is 6.61 Å². The van der Waals surface area contributed by atoms with Gasteiger partial charge in [-0.1, -0.05) is 23.8 Å². The molecule has 0 aliphatic heterocycles. The Balaban J connectivity index is 2.84. The van der Waals surface area contributed by atoms with Crippen LogP contribution in [0.15, 0.2) is 23.3 Å². The smallest absolute Gasteiger partial charge is 0.0686 e. The molecule has 0 radical (unpaired) electrons. The van der Waals surface area contributed by atoms with Crippen molar-refractivity contribution in [1.29, 1.82) is 0 Å². The van der Waals surface area contributed by atoms with Gasteiger partial charge >= 0.3 is 0 Å². The highest BCUT2D eigenvalue weighted by molar-refractivity contribution is 6.32. The summed E-state index contributed by atoms with van der Waals surface area (Å²) in [6.45, 7) is 1.88. The summed E-state index contributed by atoms with van der Waals surface area (Å²) in [5.74, 6) is -0.0818. The number of rotatable bonds is 1. The first-order valence-corrected chi connectivity index (χ1v) is 4.18. The van der Waals surface area contributed by atoms with Gasteiger partial charge in [0.25, 0.3) is 0 Å². The van der Waals surface area contributed by atoms with E-state index in [-0.39, 0.29) is 12.5 Å². The van der Waals surface area contributed by atoms with Crippen molar-refractivity contribution in [1.82, 2.24) is 0 Å². The highest BCUT2D eigenvalue weighted by Gasteiger charge is 2.29. The van der Waals surface area contributed by atoms with Crippen LogP contribution in [0.3, 0.4) is 0 Å². The number of alkyl halides is 1. The Hall–Kier alpha value is 0.0200. The van der Waals surface area contributed by atoms with Crippen molar-refractivity contribution in [3.05, 3.63) is 23.3 Å². The van der Waals surface area contributed by atoms with Crippen molar-refractivity contribution < 1.29 is 5.11 Å². The maximum Gasteiger partial charge on any atom is 0.0686 e. The zero-order valence-electron chi connectivity index (χ0n) is 6.22. The maximum atomic E-state index is 8.92. The average Bonchev–Trinajstić information content (AvgIpc) is 1.94. The summed E-state index contributed by atoms with van der Waals surface area (Å²) in [6, 6.07) is 0. The molecule has 1 rings (SSSR count). The maximum absolute atomic E-state index is 8.92. The third-order valence-electron chi connectivity index (χ3n) is 1.85. The molecule has 0 amide bonds. The van der Waals surface area contributed by atoms with Crippen LogP contribution in [0.25, 0.3) is 0 Å². The Morgan fingerprint density at radius 3 is 2.82 bits per heavy atom. The topological polar surface area (TPSA) is 20.2 Å². The van der Waals surface area contributed by atoms with Crippen LogP contribution >= 0.6 is 23.2 Å². The predicted molar refractivity (Wildman–Crippen MR) is 47.9 cm³/mol. The molecule has 0 aromatic heterocycles. The molecular weight excluding hydrogens is 183 g/mol. The normalized spacial score (nSPS) is 37.1. The summed E-state index contributed by atoms with van der Waals surface area (Å²) in [5.41, 5.74) is 0. The third kappa shape index (κ3) is 1.98. The van der Waals surface area contributed by atoms with Crippen LogP contribution in [0.2, 0.25) is 0 Å². The van der Waals surface area contributed by atoms with Crippen LogP contribution in [0.5, 0.6) is 0 Å². The fraction of sp³-hybridized carbons (Fsp3) is 0.500. The van der Waals surface area contributed by atoms with E-state index in [4.69, 9.17) is 28.3 Å². The minimum atomic E-state index is -0.493. The molecule has 1 N–H and O–H groups in total. The van der Waals surface area contributed by atoms with E-state index in [0.717, 1.165) is 0 Å². The fourth-order valence-electron chi connectivity index (χ4n) is 1.01. The van der Waals surface area contributed by atoms with Gasteiger partial charge in [-0.2, -0.15) is 0 Å². The molecule has 0 bridgehead atoms. The molecule has 0 fully saturated rings. The number of hydrogen-bond acceptors (Lipinski definition) is 1. The van der Waals surface area contributed by atoms with Crippen molar-refractivity contribution in [3.8, 4) is 0 Å². The third-order valence-corrected chi connectivity index (χ3v) is 2.51. The summed E-state index contributed by atoms with van der Waals surface area (Å²) in [6.07, 6.45) is 5.33. The Morgan fingerprint density at radius 1 is 1.73 bits per heavy atom. The summed E-state index contributed by atoms with van der Waals surface area (Å²) >= 11 is 11.8. The van der Waals surface area contributed by atoms with Gasteiger partial charge in [0, 0.05) is 11.0 Å². The van der Waals surface area contributed by atoms with E-state index < -0.39 is 4.87 Å². The summed E-state index contributed by atoms with van der Waals surface area (Å²) in [5, 5.41) is 9.56. The second-order valence-corrected chi connectivity index (χ2v) is 4.08. The second-order valence-electron chi connectivity index (χ2n) is 2.83. The summed E-state index contributed by atoms with van der Waals surface area (Å²) < 4.78 is 0. The lowest BCUT2D eigenvalue weighted by Gasteiger charge is -2.27. The molecule has 1 aliphatic carbocycles. The Labute approximate surface area is 76.3 Å². The van der Waals surface area contributed by atoms with Gasteiger partial charge in [-0.15, -0.1) is 11.6 Å². The number of halogens is 2. The lowest BCUT2D eigenvalue weighted by atomic mass is 9.90. The molecule has 0 spiro atoms. The van der Waals surface area contributed by atoms with E-state index >= 15 is 0 Å². The molecule has 0 unspecified atom stereocenters. The fourth-order valence-corrected chi connectivity index (χ4v) is 1.42. The summed E-state index contributed by atoms with van der Waals surface area (Å²) in [7, 11) is 0. The van der Waals surface area contributed by atoms with Crippen LogP contribution in [0.1, 0.15) is 6.92 Å². The molecule has 2 atom stereocenters. The highest BCUT2D eigenvalue weighted by atomic mass is 35.5. The van der Waals surface area contributed by atoms with Crippen molar-refractivity contribution in [3.63, 3.8) is 0 Å². The zero-order chi connectivity index (χ0) is 8.48. The van der Waals surface area contributed by atoms with Gasteiger partial charge in [-0.3, -0.25) is 0 Å². The van der Waals surface area contributed by atoms with E-state index in [9.17, 15) is 0 Å². The highest BCUT2D eigenvalue weighted by Crippen LogP contribution is 2.33. The Morgan fingerprint density at radius 2 is 2.36 bits per heavy atom. The first kappa shape index (κ1) is 9.11. The lowest BCUT2D eigenvalue weighted by Crippen LogP contribution is -2.29. The van der Waals surface area contributed by atoms with E-state index in [1.165, 1.54) is 0 Å². The van der Waals surface area contributed by atoms with Crippen LogP contribution in [-0.4, -0.2) is 16.6 Å². The van der Waals surface area contributed by atoms with Gasteiger partial charge < -0.3 is 5.11 Å². The second kappa shape index (κ2) is 3.18. The number of hydrogen-bond donors (Lipinski definition) is 1. The molecule has 3 heteroatoms. The van der Waals surface area contributed by atoms with E-state index in [1.807, 2.05) is 6.92 Å². The van der Waals surface area contributed by atoms with E-state index in [0.29, 0.717) is 5.03 Å². The molecular formula is C8H10Cl2O. The van der Waals surface area contributed by atoms with Gasteiger partial charge in [-0.05, 0) is 13.0 Å².